The number of nitrogens with one attached hydrogen (secondary N) is 1. The van der Waals surface area contributed by atoms with Gasteiger partial charge in [0.1, 0.15) is 0 Å². The summed E-state index contributed by atoms with van der Waals surface area (Å²) in [6, 6.07) is 4.09. The van der Waals surface area contributed by atoms with E-state index >= 15 is 0 Å². The molecule has 2 rings (SSSR count). The van der Waals surface area contributed by atoms with Crippen LogP contribution in [0.25, 0.3) is 11.0 Å². The van der Waals surface area contributed by atoms with Crippen molar-refractivity contribution in [1.29, 1.82) is 0 Å². The average molecular weight is 254 g/mol. The van der Waals surface area contributed by atoms with Crippen molar-refractivity contribution in [3.63, 3.8) is 0 Å². The Labute approximate surface area is 114 Å². The van der Waals surface area contributed by atoms with E-state index in [9.17, 15) is 8.42 Å². The van der Waals surface area contributed by atoms with Crippen molar-refractivity contribution >= 4 is 63.3 Å². The van der Waals surface area contributed by atoms with Crippen LogP contribution in [0.1, 0.15) is 0 Å². The van der Waals surface area contributed by atoms with E-state index in [1.54, 1.807) is 0 Å². The zero-order valence-corrected chi connectivity index (χ0v) is 8.51. The van der Waals surface area contributed by atoms with Crippen molar-refractivity contribution in [1.82, 2.24) is 9.97 Å². The van der Waals surface area contributed by atoms with Gasteiger partial charge >= 0.3 is 29.6 Å². The van der Waals surface area contributed by atoms with Gasteiger partial charge in [-0.3, -0.25) is 4.55 Å². The molecule has 2 N–H and O–H groups in total. The van der Waals surface area contributed by atoms with E-state index in [1.807, 2.05) is 0 Å². The summed E-state index contributed by atoms with van der Waals surface area (Å²) in [5.41, 5.74) is 1.12. The zero-order chi connectivity index (χ0) is 10.3. The molecule has 0 saturated carbocycles. The summed E-state index contributed by atoms with van der Waals surface area (Å²) >= 11 is 3.97. The molecule has 0 unspecified atom stereocenters. The zero-order valence-electron chi connectivity index (χ0n) is 6.80. The third kappa shape index (κ3) is 2.74. The fraction of sp³-hybridized carbons (Fsp3) is 0. The molecule has 0 bridgehead atoms. The van der Waals surface area contributed by atoms with Gasteiger partial charge in [0, 0.05) is 0 Å². The maximum atomic E-state index is 10.8. The minimum atomic E-state index is -4.16. The molecule has 0 aliphatic heterocycles. The molecule has 0 radical (unpaired) electrons. The summed E-state index contributed by atoms with van der Waals surface area (Å²) in [7, 11) is -4.16. The van der Waals surface area contributed by atoms with Gasteiger partial charge in [-0.05, 0) is 18.2 Å². The summed E-state index contributed by atoms with van der Waals surface area (Å²) in [6.07, 6.45) is 0. The molecule has 0 atom stereocenters. The number of fused-ring (bicyclic) bond motifs is 1. The van der Waals surface area contributed by atoms with Gasteiger partial charge in [-0.25, -0.2) is 4.98 Å². The van der Waals surface area contributed by atoms with Crippen LogP contribution in [0.2, 0.25) is 0 Å². The van der Waals surface area contributed by atoms with Gasteiger partial charge in [0.2, 0.25) is 0 Å². The first-order valence-corrected chi connectivity index (χ1v) is 5.52. The molecule has 0 fully saturated rings. The third-order valence-electron chi connectivity index (χ3n) is 1.74. The van der Waals surface area contributed by atoms with Crippen molar-refractivity contribution in [3.05, 3.63) is 18.2 Å². The Morgan fingerprint density at radius 1 is 1.40 bits per heavy atom. The third-order valence-corrected chi connectivity index (χ3v) is 2.80. The van der Waals surface area contributed by atoms with E-state index in [1.165, 1.54) is 18.2 Å². The molecule has 5 nitrogen and oxygen atoms in total. The molecule has 0 aliphatic rings. The Morgan fingerprint density at radius 2 is 2.07 bits per heavy atom. The predicted octanol–water partition coefficient (Wildman–Crippen LogP) is 0.450. The van der Waals surface area contributed by atoms with Crippen LogP contribution in [0.15, 0.2) is 28.3 Å². The quantitative estimate of drug-likeness (QED) is 0.392. The number of nitrogens with zero attached hydrogens (tertiary/aromatic N) is 1. The Hall–Kier alpha value is -0.0500. The second-order valence-corrected chi connectivity index (χ2v) is 4.56. The predicted molar refractivity (Wildman–Crippen MR) is 60.3 cm³/mol. The van der Waals surface area contributed by atoms with Crippen LogP contribution in [0.3, 0.4) is 0 Å². The second-order valence-electron chi connectivity index (χ2n) is 2.71. The minimum absolute atomic E-state index is 0. The standard InChI is InChI=1S/C7H6N2O3S2.Na.H/c10-14(11,12)4-1-2-5-6(3-4)9-7(13)8-5;;/h1-3H,(H2,8,9,13)(H,10,11,12);;. The van der Waals surface area contributed by atoms with E-state index in [0.29, 0.717) is 16.2 Å². The second kappa shape index (κ2) is 4.44. The van der Waals surface area contributed by atoms with Gasteiger partial charge in [-0.1, -0.05) is 0 Å². The maximum absolute atomic E-state index is 10.8. The number of hydrogen-bond acceptors (Lipinski definition) is 4. The molecule has 0 spiro atoms. The van der Waals surface area contributed by atoms with Crippen LogP contribution < -0.4 is 0 Å². The monoisotopic (exact) mass is 254 g/mol. The molecule has 0 aliphatic carbocycles. The van der Waals surface area contributed by atoms with Gasteiger partial charge in [-0.2, -0.15) is 8.42 Å². The van der Waals surface area contributed by atoms with Gasteiger partial charge < -0.3 is 4.98 Å². The van der Waals surface area contributed by atoms with Crippen molar-refractivity contribution in [2.24, 2.45) is 0 Å². The van der Waals surface area contributed by atoms with E-state index in [2.05, 4.69) is 22.6 Å². The van der Waals surface area contributed by atoms with E-state index in [0.717, 1.165) is 0 Å². The topological polar surface area (TPSA) is 83.0 Å². The normalized spacial score (nSPS) is 11.3. The number of benzene rings is 1. The first kappa shape index (κ1) is 13.0. The molecule has 76 valence electrons. The number of imidazole rings is 1. The van der Waals surface area contributed by atoms with Crippen LogP contribution in [0, 0.1) is 0 Å². The summed E-state index contributed by atoms with van der Waals surface area (Å²) < 4.78 is 30.3. The van der Waals surface area contributed by atoms with Crippen molar-refractivity contribution in [2.75, 3.05) is 0 Å². The summed E-state index contributed by atoms with van der Waals surface area (Å²) in [6.45, 7) is 0. The van der Waals surface area contributed by atoms with Gasteiger partial charge in [0.05, 0.1) is 15.9 Å². The van der Waals surface area contributed by atoms with E-state index in [4.69, 9.17) is 4.55 Å². The molecular formula is C7H7N2NaO3S2. The first-order chi connectivity index (χ1) is 6.47. The number of rotatable bonds is 1. The van der Waals surface area contributed by atoms with E-state index < -0.39 is 10.1 Å². The van der Waals surface area contributed by atoms with Crippen LogP contribution in [-0.2, 0) is 10.1 Å². The molecule has 8 heteroatoms. The van der Waals surface area contributed by atoms with Crippen molar-refractivity contribution < 1.29 is 13.0 Å². The van der Waals surface area contributed by atoms with Crippen LogP contribution in [0.4, 0.5) is 0 Å². The Bertz CT molecular complexity index is 593. The molecular weight excluding hydrogens is 247 g/mol. The fourth-order valence-corrected chi connectivity index (χ4v) is 1.86. The molecule has 2 aromatic rings. The number of hydrogen-bond donors (Lipinski definition) is 3. The molecule has 1 aromatic heterocycles. The SMILES string of the molecule is O=S(=O)(O)c1ccc2[nH]c(S)nc2c1.[NaH]. The molecule has 15 heavy (non-hydrogen) atoms. The summed E-state index contributed by atoms with van der Waals surface area (Å²) in [5.74, 6) is 0. The Balaban J connectivity index is 0.00000112. The summed E-state index contributed by atoms with van der Waals surface area (Å²) in [4.78, 5) is 6.56. The number of thiol groups is 1. The van der Waals surface area contributed by atoms with Gasteiger partial charge in [0.25, 0.3) is 10.1 Å². The van der Waals surface area contributed by atoms with Crippen molar-refractivity contribution in [3.8, 4) is 0 Å². The molecule has 1 heterocycles. The first-order valence-electron chi connectivity index (χ1n) is 3.63. The van der Waals surface area contributed by atoms with E-state index in [-0.39, 0.29) is 34.5 Å². The summed E-state index contributed by atoms with van der Waals surface area (Å²) in [5, 5.41) is 0.396. The van der Waals surface area contributed by atoms with Crippen LogP contribution >= 0.6 is 12.6 Å². The number of aromatic amines is 1. The van der Waals surface area contributed by atoms with Gasteiger partial charge in [0.15, 0.2) is 5.16 Å². The Morgan fingerprint density at radius 3 is 2.67 bits per heavy atom. The molecule has 0 amide bonds. The molecule has 1 aromatic carbocycles. The fourth-order valence-electron chi connectivity index (χ4n) is 1.13. The number of H-pyrrole nitrogens is 1. The van der Waals surface area contributed by atoms with Crippen molar-refractivity contribution in [2.45, 2.75) is 10.1 Å². The number of aromatic nitrogens is 2. The van der Waals surface area contributed by atoms with Crippen LogP contribution in [-0.4, -0.2) is 52.5 Å². The Kier molecular flexibility index (Phi) is 3.85. The average Bonchev–Trinajstić information content (AvgIpc) is 2.41. The molecule has 0 saturated heterocycles. The van der Waals surface area contributed by atoms with Gasteiger partial charge in [-0.15, -0.1) is 12.6 Å². The van der Waals surface area contributed by atoms with Crippen LogP contribution in [0.5, 0.6) is 0 Å².